The highest BCUT2D eigenvalue weighted by Crippen LogP contribution is 2.17. The lowest BCUT2D eigenvalue weighted by Gasteiger charge is -2.23. The SMILES string of the molecule is COC(CNC(=O)C1CCCNC1)c1ccc(F)cc1.Cl. The molecule has 2 unspecified atom stereocenters. The zero-order valence-corrected chi connectivity index (χ0v) is 12.9. The summed E-state index contributed by atoms with van der Waals surface area (Å²) < 4.78 is 18.3. The molecule has 2 atom stereocenters. The minimum absolute atomic E-state index is 0. The van der Waals surface area contributed by atoms with Crippen LogP contribution in [0.4, 0.5) is 4.39 Å². The molecule has 4 nitrogen and oxygen atoms in total. The van der Waals surface area contributed by atoms with Gasteiger partial charge in [-0.25, -0.2) is 4.39 Å². The first-order valence-corrected chi connectivity index (χ1v) is 6.97. The first-order valence-electron chi connectivity index (χ1n) is 6.97. The van der Waals surface area contributed by atoms with E-state index in [0.29, 0.717) is 6.54 Å². The lowest BCUT2D eigenvalue weighted by atomic mass is 9.98. The highest BCUT2D eigenvalue weighted by molar-refractivity contribution is 5.85. The minimum Gasteiger partial charge on any atom is -0.375 e. The molecule has 0 aliphatic carbocycles. The van der Waals surface area contributed by atoms with E-state index in [1.807, 2.05) is 0 Å². The Kier molecular flexibility index (Phi) is 7.64. The van der Waals surface area contributed by atoms with Gasteiger partial charge in [0, 0.05) is 20.2 Å². The Bertz CT molecular complexity index is 436. The van der Waals surface area contributed by atoms with Crippen molar-refractivity contribution >= 4 is 18.3 Å². The lowest BCUT2D eigenvalue weighted by molar-refractivity contribution is -0.126. The number of ether oxygens (including phenoxy) is 1. The fourth-order valence-electron chi connectivity index (χ4n) is 2.43. The van der Waals surface area contributed by atoms with Gasteiger partial charge in [-0.15, -0.1) is 12.4 Å². The molecule has 0 spiro atoms. The zero-order chi connectivity index (χ0) is 14.4. The molecule has 21 heavy (non-hydrogen) atoms. The lowest BCUT2D eigenvalue weighted by Crippen LogP contribution is -2.41. The summed E-state index contributed by atoms with van der Waals surface area (Å²) in [6.07, 6.45) is 1.70. The third-order valence-corrected chi connectivity index (χ3v) is 3.66. The number of nitrogens with one attached hydrogen (secondary N) is 2. The van der Waals surface area contributed by atoms with Crippen molar-refractivity contribution in [2.45, 2.75) is 18.9 Å². The predicted octanol–water partition coefficient (Wildman–Crippen LogP) is 2.05. The van der Waals surface area contributed by atoms with Gasteiger partial charge in [0.25, 0.3) is 0 Å². The van der Waals surface area contributed by atoms with Crippen molar-refractivity contribution in [1.82, 2.24) is 10.6 Å². The summed E-state index contributed by atoms with van der Waals surface area (Å²) in [6, 6.07) is 6.15. The number of benzene rings is 1. The molecular weight excluding hydrogens is 295 g/mol. The van der Waals surface area contributed by atoms with Crippen LogP contribution in [0.3, 0.4) is 0 Å². The number of carbonyl (C=O) groups excluding carboxylic acids is 1. The van der Waals surface area contributed by atoms with E-state index in [-0.39, 0.29) is 36.2 Å². The summed E-state index contributed by atoms with van der Waals surface area (Å²) in [5, 5.41) is 6.14. The number of hydrogen-bond acceptors (Lipinski definition) is 3. The van der Waals surface area contributed by atoms with Gasteiger partial charge in [0.05, 0.1) is 12.0 Å². The first kappa shape index (κ1) is 17.9. The van der Waals surface area contributed by atoms with E-state index >= 15 is 0 Å². The van der Waals surface area contributed by atoms with Crippen LogP contribution >= 0.6 is 12.4 Å². The molecule has 1 aromatic carbocycles. The molecule has 2 N–H and O–H groups in total. The van der Waals surface area contributed by atoms with E-state index in [9.17, 15) is 9.18 Å². The number of methoxy groups -OCH3 is 1. The van der Waals surface area contributed by atoms with E-state index in [1.165, 1.54) is 12.1 Å². The van der Waals surface area contributed by atoms with Gasteiger partial charge in [0.1, 0.15) is 5.82 Å². The summed E-state index contributed by atoms with van der Waals surface area (Å²) in [4.78, 5) is 12.0. The highest BCUT2D eigenvalue weighted by atomic mass is 35.5. The molecule has 0 bridgehead atoms. The van der Waals surface area contributed by atoms with Gasteiger partial charge < -0.3 is 15.4 Å². The maximum Gasteiger partial charge on any atom is 0.224 e. The van der Waals surface area contributed by atoms with Crippen LogP contribution in [0.2, 0.25) is 0 Å². The Balaban J connectivity index is 0.00000220. The molecule has 1 aromatic rings. The van der Waals surface area contributed by atoms with E-state index in [2.05, 4.69) is 10.6 Å². The van der Waals surface area contributed by atoms with Gasteiger partial charge in [-0.05, 0) is 37.1 Å². The Hall–Kier alpha value is -1.17. The molecule has 1 fully saturated rings. The normalized spacial score (nSPS) is 19.4. The summed E-state index contributed by atoms with van der Waals surface area (Å²) in [5.41, 5.74) is 0.857. The average Bonchev–Trinajstić information content (AvgIpc) is 2.50. The van der Waals surface area contributed by atoms with Gasteiger partial charge in [-0.2, -0.15) is 0 Å². The van der Waals surface area contributed by atoms with E-state index in [0.717, 1.165) is 31.5 Å². The second-order valence-corrected chi connectivity index (χ2v) is 5.06. The van der Waals surface area contributed by atoms with Crippen molar-refractivity contribution in [3.63, 3.8) is 0 Å². The van der Waals surface area contributed by atoms with E-state index < -0.39 is 0 Å². The molecule has 1 heterocycles. The molecule has 1 amide bonds. The summed E-state index contributed by atoms with van der Waals surface area (Å²) in [7, 11) is 1.59. The average molecular weight is 317 g/mol. The number of hydrogen-bond donors (Lipinski definition) is 2. The van der Waals surface area contributed by atoms with Crippen molar-refractivity contribution in [1.29, 1.82) is 0 Å². The molecule has 118 valence electrons. The van der Waals surface area contributed by atoms with Gasteiger partial charge >= 0.3 is 0 Å². The molecule has 0 aromatic heterocycles. The number of carbonyl (C=O) groups is 1. The van der Waals surface area contributed by atoms with Crippen LogP contribution in [-0.4, -0.2) is 32.7 Å². The first-order chi connectivity index (χ1) is 9.70. The molecule has 1 aliphatic rings. The molecule has 2 rings (SSSR count). The van der Waals surface area contributed by atoms with Crippen LogP contribution < -0.4 is 10.6 Å². The number of amides is 1. The van der Waals surface area contributed by atoms with Crippen LogP contribution in [0.15, 0.2) is 24.3 Å². The zero-order valence-electron chi connectivity index (χ0n) is 12.1. The smallest absolute Gasteiger partial charge is 0.224 e. The minimum atomic E-state index is -0.277. The van der Waals surface area contributed by atoms with Gasteiger partial charge in [0.15, 0.2) is 0 Å². The van der Waals surface area contributed by atoms with Crippen LogP contribution in [0.25, 0.3) is 0 Å². The molecular formula is C15H22ClFN2O2. The second kappa shape index (κ2) is 8.97. The van der Waals surface area contributed by atoms with Crippen LogP contribution in [-0.2, 0) is 9.53 Å². The van der Waals surface area contributed by atoms with Crippen molar-refractivity contribution < 1.29 is 13.9 Å². The quantitative estimate of drug-likeness (QED) is 0.874. The van der Waals surface area contributed by atoms with Gasteiger partial charge in [0.2, 0.25) is 5.91 Å². The standard InChI is InChI=1S/C15H21FN2O2.ClH/c1-20-14(11-4-6-13(16)7-5-11)10-18-15(19)12-3-2-8-17-9-12;/h4-7,12,14,17H,2-3,8-10H2,1H3,(H,18,19);1H. The van der Waals surface area contributed by atoms with Crippen molar-refractivity contribution in [3.05, 3.63) is 35.6 Å². The second-order valence-electron chi connectivity index (χ2n) is 5.06. The Morgan fingerprint density at radius 3 is 2.76 bits per heavy atom. The Morgan fingerprint density at radius 1 is 1.48 bits per heavy atom. The largest absolute Gasteiger partial charge is 0.375 e. The molecule has 0 radical (unpaired) electrons. The Labute approximate surface area is 130 Å². The van der Waals surface area contributed by atoms with Gasteiger partial charge in [-0.1, -0.05) is 12.1 Å². The third kappa shape index (κ3) is 5.26. The molecule has 1 aliphatic heterocycles. The Morgan fingerprint density at radius 2 is 2.19 bits per heavy atom. The maximum atomic E-state index is 12.9. The maximum absolute atomic E-state index is 12.9. The van der Waals surface area contributed by atoms with Crippen molar-refractivity contribution in [3.8, 4) is 0 Å². The fraction of sp³-hybridized carbons (Fsp3) is 0.533. The summed E-state index contributed by atoms with van der Waals surface area (Å²) in [6.45, 7) is 2.12. The number of piperidine rings is 1. The van der Waals surface area contributed by atoms with Crippen LogP contribution in [0.1, 0.15) is 24.5 Å². The molecule has 0 saturated carbocycles. The van der Waals surface area contributed by atoms with E-state index in [4.69, 9.17) is 4.74 Å². The number of rotatable bonds is 5. The summed E-state index contributed by atoms with van der Waals surface area (Å²) in [5.74, 6) is -0.184. The molecule has 1 saturated heterocycles. The highest BCUT2D eigenvalue weighted by Gasteiger charge is 2.21. The van der Waals surface area contributed by atoms with Crippen molar-refractivity contribution in [2.75, 3.05) is 26.7 Å². The predicted molar refractivity (Wildman–Crippen MR) is 82.0 cm³/mol. The van der Waals surface area contributed by atoms with Gasteiger partial charge in [-0.3, -0.25) is 4.79 Å². The van der Waals surface area contributed by atoms with Crippen LogP contribution in [0, 0.1) is 11.7 Å². The van der Waals surface area contributed by atoms with Crippen LogP contribution in [0.5, 0.6) is 0 Å². The topological polar surface area (TPSA) is 50.4 Å². The van der Waals surface area contributed by atoms with Crippen molar-refractivity contribution in [2.24, 2.45) is 5.92 Å². The third-order valence-electron chi connectivity index (χ3n) is 3.66. The van der Waals surface area contributed by atoms with E-state index in [1.54, 1.807) is 19.2 Å². The number of halogens is 2. The fourth-order valence-corrected chi connectivity index (χ4v) is 2.43. The summed E-state index contributed by atoms with van der Waals surface area (Å²) >= 11 is 0. The monoisotopic (exact) mass is 316 g/mol. The molecule has 6 heteroatoms.